The molecule has 0 aromatic heterocycles. The maximum absolute atomic E-state index is 13.9. The molecule has 1 aliphatic rings. The van der Waals surface area contributed by atoms with Crippen molar-refractivity contribution in [1.29, 1.82) is 0 Å². The molecule has 1 atom stereocenters. The maximum Gasteiger partial charge on any atom is 0.243 e. The van der Waals surface area contributed by atoms with Crippen molar-refractivity contribution in [2.45, 2.75) is 70.5 Å². The zero-order valence-corrected chi connectivity index (χ0v) is 22.8. The molecule has 0 bridgehead atoms. The third kappa shape index (κ3) is 7.83. The maximum atomic E-state index is 13.9. The van der Waals surface area contributed by atoms with E-state index >= 15 is 0 Å². The van der Waals surface area contributed by atoms with Crippen LogP contribution in [0.3, 0.4) is 0 Å². The van der Waals surface area contributed by atoms with E-state index in [1.807, 2.05) is 61.5 Å². The van der Waals surface area contributed by atoms with Gasteiger partial charge in [-0.2, -0.15) is 0 Å². The molecule has 6 heteroatoms. The SMILES string of the molecule is Cc1cccc(CN(C(=O)Cc2ccc(Cl)c(Cl)c2)C(Cc2ccccc2)C(=O)NC2CCCCC2)c1. The van der Waals surface area contributed by atoms with Crippen LogP contribution in [0.1, 0.15) is 54.4 Å². The Hall–Kier alpha value is -2.82. The van der Waals surface area contributed by atoms with Crippen LogP contribution in [0.4, 0.5) is 0 Å². The van der Waals surface area contributed by atoms with Gasteiger partial charge in [-0.25, -0.2) is 0 Å². The van der Waals surface area contributed by atoms with Crippen LogP contribution >= 0.6 is 23.2 Å². The van der Waals surface area contributed by atoms with Gasteiger partial charge >= 0.3 is 0 Å². The van der Waals surface area contributed by atoms with Crippen molar-refractivity contribution in [3.8, 4) is 0 Å². The van der Waals surface area contributed by atoms with Crippen molar-refractivity contribution in [3.05, 3.63) is 105 Å². The predicted molar refractivity (Wildman–Crippen MR) is 151 cm³/mol. The Morgan fingerprint density at radius 2 is 1.59 bits per heavy atom. The highest BCUT2D eigenvalue weighted by Gasteiger charge is 2.32. The number of carbonyl (C=O) groups is 2. The third-order valence-corrected chi connectivity index (χ3v) is 7.74. The van der Waals surface area contributed by atoms with E-state index in [4.69, 9.17) is 23.2 Å². The molecule has 0 radical (unpaired) electrons. The first-order chi connectivity index (χ1) is 17.9. The fourth-order valence-electron chi connectivity index (χ4n) is 5.03. The zero-order chi connectivity index (χ0) is 26.2. The van der Waals surface area contributed by atoms with Gasteiger partial charge in [0.15, 0.2) is 0 Å². The first-order valence-electron chi connectivity index (χ1n) is 13.0. The van der Waals surface area contributed by atoms with Crippen LogP contribution in [-0.4, -0.2) is 28.8 Å². The number of benzene rings is 3. The lowest BCUT2D eigenvalue weighted by molar-refractivity contribution is -0.141. The predicted octanol–water partition coefficient (Wildman–Crippen LogP) is 6.93. The lowest BCUT2D eigenvalue weighted by atomic mass is 9.94. The number of nitrogens with one attached hydrogen (secondary N) is 1. The molecule has 1 aliphatic carbocycles. The van der Waals surface area contributed by atoms with Crippen LogP contribution in [0.25, 0.3) is 0 Å². The van der Waals surface area contributed by atoms with Gasteiger partial charge in [-0.3, -0.25) is 9.59 Å². The van der Waals surface area contributed by atoms with Gasteiger partial charge in [-0.05, 0) is 48.6 Å². The molecule has 0 spiro atoms. The number of hydrogen-bond acceptors (Lipinski definition) is 2. The Balaban J connectivity index is 1.66. The van der Waals surface area contributed by atoms with E-state index < -0.39 is 6.04 Å². The van der Waals surface area contributed by atoms with Crippen molar-refractivity contribution >= 4 is 35.0 Å². The van der Waals surface area contributed by atoms with E-state index in [1.54, 1.807) is 17.0 Å². The first kappa shape index (κ1) is 27.2. The number of rotatable bonds is 9. The van der Waals surface area contributed by atoms with Gasteiger partial charge in [-0.1, -0.05) is 109 Å². The lowest BCUT2D eigenvalue weighted by Gasteiger charge is -2.33. The van der Waals surface area contributed by atoms with Gasteiger partial charge in [0, 0.05) is 19.0 Å². The topological polar surface area (TPSA) is 49.4 Å². The first-order valence-corrected chi connectivity index (χ1v) is 13.8. The second kappa shape index (κ2) is 13.1. The normalized spacial score (nSPS) is 14.7. The van der Waals surface area contributed by atoms with E-state index in [0.29, 0.717) is 23.0 Å². The highest BCUT2D eigenvalue weighted by molar-refractivity contribution is 6.42. The summed E-state index contributed by atoms with van der Waals surface area (Å²) in [6.07, 6.45) is 6.00. The highest BCUT2D eigenvalue weighted by atomic mass is 35.5. The molecule has 37 heavy (non-hydrogen) atoms. The molecule has 3 aromatic carbocycles. The Kier molecular flexibility index (Phi) is 9.65. The number of carbonyl (C=O) groups excluding carboxylic acids is 2. The van der Waals surface area contributed by atoms with Gasteiger partial charge in [0.25, 0.3) is 0 Å². The summed E-state index contributed by atoms with van der Waals surface area (Å²) in [6.45, 7) is 2.38. The summed E-state index contributed by atoms with van der Waals surface area (Å²) in [4.78, 5) is 29.5. The van der Waals surface area contributed by atoms with Crippen LogP contribution in [0.2, 0.25) is 10.0 Å². The van der Waals surface area contributed by atoms with E-state index in [2.05, 4.69) is 11.4 Å². The van der Waals surface area contributed by atoms with Crippen LogP contribution < -0.4 is 5.32 Å². The van der Waals surface area contributed by atoms with Crippen molar-refractivity contribution < 1.29 is 9.59 Å². The molecule has 4 nitrogen and oxygen atoms in total. The molecule has 1 fully saturated rings. The zero-order valence-electron chi connectivity index (χ0n) is 21.3. The van der Waals surface area contributed by atoms with Crippen LogP contribution in [0.15, 0.2) is 72.8 Å². The molecule has 3 aromatic rings. The van der Waals surface area contributed by atoms with Gasteiger partial charge in [0.1, 0.15) is 6.04 Å². The fourth-order valence-corrected chi connectivity index (χ4v) is 5.35. The molecule has 0 heterocycles. The molecule has 0 saturated heterocycles. The quantitative estimate of drug-likeness (QED) is 0.322. The molecule has 4 rings (SSSR count). The van der Waals surface area contributed by atoms with E-state index in [0.717, 1.165) is 47.9 Å². The van der Waals surface area contributed by atoms with Gasteiger partial charge in [0.05, 0.1) is 16.5 Å². The Labute approximate surface area is 230 Å². The number of nitrogens with zero attached hydrogens (tertiary/aromatic N) is 1. The molecule has 0 aliphatic heterocycles. The monoisotopic (exact) mass is 536 g/mol. The standard InChI is InChI=1S/C31H34Cl2N2O2/c1-22-9-8-12-25(17-22)21-35(30(36)20-24-15-16-27(32)28(33)18-24)29(19-23-10-4-2-5-11-23)31(37)34-26-13-6-3-7-14-26/h2,4-5,8-12,15-18,26,29H,3,6-7,13-14,19-21H2,1H3,(H,34,37). The molecule has 1 N–H and O–H groups in total. The van der Waals surface area contributed by atoms with E-state index in [1.165, 1.54) is 6.42 Å². The summed E-state index contributed by atoms with van der Waals surface area (Å²) in [5.74, 6) is -0.217. The molecular formula is C31H34Cl2N2O2. The minimum atomic E-state index is -0.639. The van der Waals surface area contributed by atoms with Crippen molar-refractivity contribution in [2.75, 3.05) is 0 Å². The van der Waals surface area contributed by atoms with Crippen molar-refractivity contribution in [2.24, 2.45) is 0 Å². The average Bonchev–Trinajstić information content (AvgIpc) is 2.89. The highest BCUT2D eigenvalue weighted by Crippen LogP contribution is 2.24. The van der Waals surface area contributed by atoms with Gasteiger partial charge in [0.2, 0.25) is 11.8 Å². The van der Waals surface area contributed by atoms with Gasteiger partial charge in [-0.15, -0.1) is 0 Å². The van der Waals surface area contributed by atoms with Crippen LogP contribution in [0.5, 0.6) is 0 Å². The van der Waals surface area contributed by atoms with E-state index in [9.17, 15) is 9.59 Å². The molecule has 194 valence electrons. The minimum Gasteiger partial charge on any atom is -0.352 e. The Morgan fingerprint density at radius 3 is 2.30 bits per heavy atom. The number of halogens is 2. The smallest absolute Gasteiger partial charge is 0.243 e. The second-order valence-corrected chi connectivity index (χ2v) is 10.8. The fraction of sp³-hybridized carbons (Fsp3) is 0.355. The summed E-state index contributed by atoms with van der Waals surface area (Å²) in [5.41, 5.74) is 3.88. The Bertz CT molecular complexity index is 1210. The molecule has 2 amide bonds. The lowest BCUT2D eigenvalue weighted by Crippen LogP contribution is -2.53. The van der Waals surface area contributed by atoms with E-state index in [-0.39, 0.29) is 24.3 Å². The number of hydrogen-bond donors (Lipinski definition) is 1. The van der Waals surface area contributed by atoms with Crippen molar-refractivity contribution in [3.63, 3.8) is 0 Å². The molecule has 1 saturated carbocycles. The van der Waals surface area contributed by atoms with Crippen molar-refractivity contribution in [1.82, 2.24) is 10.2 Å². The van der Waals surface area contributed by atoms with Crippen LogP contribution in [-0.2, 0) is 29.0 Å². The summed E-state index contributed by atoms with van der Waals surface area (Å²) in [5, 5.41) is 4.14. The minimum absolute atomic E-state index is 0.0918. The second-order valence-electron chi connectivity index (χ2n) is 9.98. The number of amides is 2. The molecular weight excluding hydrogens is 503 g/mol. The Morgan fingerprint density at radius 1 is 0.865 bits per heavy atom. The summed E-state index contributed by atoms with van der Waals surface area (Å²) in [6, 6.07) is 22.8. The largest absolute Gasteiger partial charge is 0.352 e. The summed E-state index contributed by atoms with van der Waals surface area (Å²) < 4.78 is 0. The third-order valence-electron chi connectivity index (χ3n) is 7.00. The summed E-state index contributed by atoms with van der Waals surface area (Å²) in [7, 11) is 0. The van der Waals surface area contributed by atoms with Gasteiger partial charge < -0.3 is 10.2 Å². The van der Waals surface area contributed by atoms with Crippen LogP contribution in [0, 0.1) is 6.92 Å². The summed E-state index contributed by atoms with van der Waals surface area (Å²) >= 11 is 12.3. The number of aryl methyl sites for hydroxylation is 1. The molecule has 1 unspecified atom stereocenters. The average molecular weight is 538 g/mol.